The van der Waals surface area contributed by atoms with Gasteiger partial charge in [0, 0.05) is 22.7 Å². The molecule has 0 spiro atoms. The van der Waals surface area contributed by atoms with Crippen LogP contribution in [0.2, 0.25) is 0 Å². The molecule has 0 radical (unpaired) electrons. The number of aromatic nitrogens is 2. The van der Waals surface area contributed by atoms with Crippen LogP contribution in [0.15, 0.2) is 24.3 Å². The third-order valence-electron chi connectivity index (χ3n) is 3.79. The van der Waals surface area contributed by atoms with E-state index in [1.54, 1.807) is 0 Å². The lowest BCUT2D eigenvalue weighted by Crippen LogP contribution is -2.28. The van der Waals surface area contributed by atoms with Crippen molar-refractivity contribution in [3.63, 3.8) is 0 Å². The molecule has 1 heterocycles. The van der Waals surface area contributed by atoms with Gasteiger partial charge in [-0.15, -0.1) is 9.42 Å². The number of benzene rings is 1. The van der Waals surface area contributed by atoms with E-state index in [4.69, 9.17) is 9.42 Å². The predicted molar refractivity (Wildman–Crippen MR) is 99.4 cm³/mol. The molecule has 27 heavy (non-hydrogen) atoms. The average Bonchev–Trinajstić information content (AvgIpc) is 2.58. The summed E-state index contributed by atoms with van der Waals surface area (Å²) in [6.45, 7) is 3.42. The van der Waals surface area contributed by atoms with Crippen molar-refractivity contribution in [1.82, 2.24) is 9.97 Å². The second-order valence-corrected chi connectivity index (χ2v) is 8.89. The van der Waals surface area contributed by atoms with Gasteiger partial charge in [0.1, 0.15) is 12.4 Å². The highest BCUT2D eigenvalue weighted by molar-refractivity contribution is 7.92. The van der Waals surface area contributed by atoms with Gasteiger partial charge >= 0.3 is 8.25 Å². The van der Waals surface area contributed by atoms with Crippen molar-refractivity contribution in [2.24, 2.45) is 0 Å². The summed E-state index contributed by atoms with van der Waals surface area (Å²) >= 11 is 0. The molecule has 0 amide bonds. The van der Waals surface area contributed by atoms with Crippen molar-refractivity contribution in [2.75, 3.05) is 17.6 Å². The highest BCUT2D eigenvalue weighted by Crippen LogP contribution is 2.32. The van der Waals surface area contributed by atoms with E-state index < -0.39 is 24.1 Å². The zero-order chi connectivity index (χ0) is 20.4. The standard InChI is InChI=1S/C16H19FN3O5PS/c1-10(2)14-13(9-25-26(21)22)15(11-5-7-12(17)8-6-11)19-16(18-14)20(3)27(4,23)24/h5-8,10H,9H2,1-4H3/p+1. The van der Waals surface area contributed by atoms with Crippen LogP contribution in [0.1, 0.15) is 31.0 Å². The van der Waals surface area contributed by atoms with Crippen LogP contribution in [0.25, 0.3) is 11.3 Å². The minimum Gasteiger partial charge on any atom is -0.241 e. The monoisotopic (exact) mass is 416 g/mol. The Hall–Kier alpha value is -2.00. The van der Waals surface area contributed by atoms with Crippen LogP contribution in [0.4, 0.5) is 10.3 Å². The molecule has 0 fully saturated rings. The first kappa shape index (κ1) is 21.3. The number of hydrogen-bond acceptors (Lipinski definition) is 6. The fraction of sp³-hybridized carbons (Fsp3) is 0.375. The number of halogens is 1. The summed E-state index contributed by atoms with van der Waals surface area (Å²) in [5.74, 6) is -0.659. The van der Waals surface area contributed by atoms with Gasteiger partial charge in [0.2, 0.25) is 16.0 Å². The summed E-state index contributed by atoms with van der Waals surface area (Å²) < 4.78 is 53.9. The molecule has 146 valence electrons. The maximum Gasteiger partial charge on any atom is 0.695 e. The van der Waals surface area contributed by atoms with Crippen molar-refractivity contribution < 1.29 is 26.8 Å². The van der Waals surface area contributed by atoms with Crippen LogP contribution in [0, 0.1) is 5.82 Å². The van der Waals surface area contributed by atoms with Gasteiger partial charge in [-0.25, -0.2) is 27.1 Å². The minimum absolute atomic E-state index is 0.0577. The van der Waals surface area contributed by atoms with Gasteiger partial charge in [0.05, 0.1) is 17.6 Å². The van der Waals surface area contributed by atoms with E-state index >= 15 is 0 Å². The van der Waals surface area contributed by atoms with E-state index in [0.29, 0.717) is 22.5 Å². The number of nitrogens with zero attached hydrogens (tertiary/aromatic N) is 3. The van der Waals surface area contributed by atoms with Gasteiger partial charge in [-0.05, 0) is 30.2 Å². The maximum atomic E-state index is 13.3. The second kappa shape index (κ2) is 8.35. The van der Waals surface area contributed by atoms with Crippen molar-refractivity contribution in [2.45, 2.75) is 26.4 Å². The molecule has 0 aliphatic heterocycles. The van der Waals surface area contributed by atoms with E-state index in [2.05, 4.69) is 9.97 Å². The maximum absolute atomic E-state index is 13.3. The SMILES string of the molecule is CC(C)c1nc(N(C)S(C)(=O)=O)nc(-c2ccc(F)cc2)c1CO[P+](=O)O. The normalized spacial score (nSPS) is 12.3. The van der Waals surface area contributed by atoms with Crippen molar-refractivity contribution in [3.8, 4) is 11.3 Å². The van der Waals surface area contributed by atoms with Gasteiger partial charge in [-0.1, -0.05) is 13.8 Å². The first-order valence-electron chi connectivity index (χ1n) is 7.90. The van der Waals surface area contributed by atoms with Crippen molar-refractivity contribution in [1.29, 1.82) is 0 Å². The van der Waals surface area contributed by atoms with Crippen LogP contribution >= 0.6 is 8.25 Å². The lowest BCUT2D eigenvalue weighted by molar-refractivity contribution is 0.271. The number of anilines is 1. The molecular weight excluding hydrogens is 396 g/mol. The molecule has 1 unspecified atom stereocenters. The third kappa shape index (κ3) is 5.26. The Balaban J connectivity index is 2.75. The van der Waals surface area contributed by atoms with E-state index in [0.717, 1.165) is 10.6 Å². The Bertz CT molecular complexity index is 951. The number of sulfonamides is 1. The molecule has 1 aromatic heterocycles. The quantitative estimate of drug-likeness (QED) is 0.691. The topological polar surface area (TPSA) is 110 Å². The molecule has 0 aliphatic rings. The Labute approximate surface area is 158 Å². The second-order valence-electron chi connectivity index (χ2n) is 6.14. The molecule has 0 bridgehead atoms. The Morgan fingerprint density at radius 2 is 1.85 bits per heavy atom. The smallest absolute Gasteiger partial charge is 0.241 e. The highest BCUT2D eigenvalue weighted by Gasteiger charge is 2.25. The van der Waals surface area contributed by atoms with E-state index in [9.17, 15) is 17.4 Å². The zero-order valence-electron chi connectivity index (χ0n) is 15.2. The summed E-state index contributed by atoms with van der Waals surface area (Å²) in [4.78, 5) is 17.6. The summed E-state index contributed by atoms with van der Waals surface area (Å²) in [5.41, 5.74) is 1.69. The van der Waals surface area contributed by atoms with Crippen LogP contribution in [-0.2, 0) is 25.7 Å². The number of rotatable bonds is 7. The molecule has 1 aromatic carbocycles. The van der Waals surface area contributed by atoms with Crippen LogP contribution in [-0.4, -0.2) is 36.6 Å². The average molecular weight is 416 g/mol. The van der Waals surface area contributed by atoms with Gasteiger partial charge < -0.3 is 0 Å². The summed E-state index contributed by atoms with van der Waals surface area (Å²) in [5, 5.41) is 0. The highest BCUT2D eigenvalue weighted by atomic mass is 32.2. The lowest BCUT2D eigenvalue weighted by atomic mass is 9.99. The van der Waals surface area contributed by atoms with E-state index in [1.807, 2.05) is 13.8 Å². The first-order valence-corrected chi connectivity index (χ1v) is 10.9. The Morgan fingerprint density at radius 1 is 1.26 bits per heavy atom. The largest absolute Gasteiger partial charge is 0.695 e. The van der Waals surface area contributed by atoms with Gasteiger partial charge in [-0.3, -0.25) is 0 Å². The molecule has 0 saturated carbocycles. The molecule has 1 N–H and O–H groups in total. The summed E-state index contributed by atoms with van der Waals surface area (Å²) in [7, 11) is -5.14. The van der Waals surface area contributed by atoms with Crippen LogP contribution < -0.4 is 4.31 Å². The molecule has 1 atom stereocenters. The fourth-order valence-electron chi connectivity index (χ4n) is 2.36. The fourth-order valence-corrected chi connectivity index (χ4v) is 2.98. The molecular formula is C16H20FN3O5PS+. The minimum atomic E-state index is -3.61. The van der Waals surface area contributed by atoms with Gasteiger partial charge in [0.15, 0.2) is 0 Å². The molecule has 8 nitrogen and oxygen atoms in total. The third-order valence-corrected chi connectivity index (χ3v) is 5.30. The van der Waals surface area contributed by atoms with Crippen molar-refractivity contribution in [3.05, 3.63) is 41.3 Å². The van der Waals surface area contributed by atoms with Gasteiger partial charge in [-0.2, -0.15) is 0 Å². The molecule has 11 heteroatoms. The first-order chi connectivity index (χ1) is 12.5. The van der Waals surface area contributed by atoms with Crippen molar-refractivity contribution >= 4 is 24.2 Å². The molecule has 0 aliphatic carbocycles. The Kier molecular flexibility index (Phi) is 6.59. The van der Waals surface area contributed by atoms with E-state index in [1.165, 1.54) is 31.3 Å². The molecule has 2 rings (SSSR count). The predicted octanol–water partition coefficient (Wildman–Crippen LogP) is 2.97. The zero-order valence-corrected chi connectivity index (χ0v) is 17.0. The van der Waals surface area contributed by atoms with E-state index in [-0.39, 0.29) is 18.5 Å². The summed E-state index contributed by atoms with van der Waals surface area (Å²) in [6.07, 6.45) is 1.02. The van der Waals surface area contributed by atoms with Crippen LogP contribution in [0.3, 0.4) is 0 Å². The Morgan fingerprint density at radius 3 is 2.33 bits per heavy atom. The lowest BCUT2D eigenvalue weighted by Gasteiger charge is -2.20. The summed E-state index contributed by atoms with van der Waals surface area (Å²) in [6, 6.07) is 5.44. The van der Waals surface area contributed by atoms with Gasteiger partial charge in [0.25, 0.3) is 0 Å². The van der Waals surface area contributed by atoms with Crippen LogP contribution in [0.5, 0.6) is 0 Å². The molecule has 0 saturated heterocycles. The molecule has 2 aromatic rings. The number of hydrogen-bond donors (Lipinski definition) is 1.